The summed E-state index contributed by atoms with van der Waals surface area (Å²) >= 11 is 3.48. The molecule has 0 saturated heterocycles. The van der Waals surface area contributed by atoms with Crippen LogP contribution in [0.1, 0.15) is 5.56 Å². The van der Waals surface area contributed by atoms with E-state index in [1.54, 1.807) is 0 Å². The summed E-state index contributed by atoms with van der Waals surface area (Å²) in [7, 11) is 0. The summed E-state index contributed by atoms with van der Waals surface area (Å²) in [6.07, 6.45) is 0. The predicted molar refractivity (Wildman–Crippen MR) is 88.4 cm³/mol. The average Bonchev–Trinajstić information content (AvgIpc) is 2.55. The van der Waals surface area contributed by atoms with Crippen LogP contribution in [0.4, 0.5) is 0 Å². The molecule has 104 valence electrons. The van der Waals surface area contributed by atoms with Crippen molar-refractivity contribution < 1.29 is 0 Å². The number of aromatic amines is 1. The molecule has 0 radical (unpaired) electrons. The normalized spacial score (nSPS) is 10.5. The molecule has 0 atom stereocenters. The fraction of sp³-hybridized carbons (Fsp3) is 0.0588. The Kier molecular flexibility index (Phi) is 3.97. The van der Waals surface area contributed by atoms with Crippen LogP contribution in [0.3, 0.4) is 0 Å². The molecule has 21 heavy (non-hydrogen) atoms. The summed E-state index contributed by atoms with van der Waals surface area (Å²) in [6.45, 7) is 0. The first-order valence-corrected chi connectivity index (χ1v) is 7.71. The van der Waals surface area contributed by atoms with Crippen LogP contribution in [0.5, 0.6) is 0 Å². The number of rotatable bonds is 3. The van der Waals surface area contributed by atoms with E-state index >= 15 is 0 Å². The summed E-state index contributed by atoms with van der Waals surface area (Å²) in [5, 5.41) is 0.730. The first-order chi connectivity index (χ1) is 10.3. The number of hydrogen-bond donors (Lipinski definition) is 1. The molecule has 0 saturated carbocycles. The van der Waals surface area contributed by atoms with Crippen molar-refractivity contribution in [2.45, 2.75) is 5.33 Å². The lowest BCUT2D eigenvalue weighted by Crippen LogP contribution is -2.12. The second kappa shape index (κ2) is 6.06. The van der Waals surface area contributed by atoms with E-state index in [1.807, 2.05) is 60.7 Å². The summed E-state index contributed by atoms with van der Waals surface area (Å²) < 4.78 is 0. The largest absolute Gasteiger partial charge is 0.345 e. The predicted octanol–water partition coefficient (Wildman–Crippen LogP) is 4.00. The second-order valence-corrected chi connectivity index (χ2v) is 5.20. The lowest BCUT2D eigenvalue weighted by atomic mass is 10.0. The summed E-state index contributed by atoms with van der Waals surface area (Å²) in [5.41, 5.74) is 4.18. The molecule has 1 aromatic heterocycles. The Bertz CT molecular complexity index is 812. The molecule has 3 rings (SSSR count). The first-order valence-electron chi connectivity index (χ1n) is 6.59. The Labute approximate surface area is 130 Å². The van der Waals surface area contributed by atoms with Gasteiger partial charge in [-0.05, 0) is 11.6 Å². The molecule has 1 N–H and O–H groups in total. The molecule has 0 aliphatic carbocycles. The zero-order valence-electron chi connectivity index (χ0n) is 11.2. The second-order valence-electron chi connectivity index (χ2n) is 4.64. The van der Waals surface area contributed by atoms with Gasteiger partial charge in [0.2, 0.25) is 0 Å². The molecule has 1 heterocycles. The zero-order chi connectivity index (χ0) is 14.7. The van der Waals surface area contributed by atoms with Gasteiger partial charge >= 0.3 is 5.69 Å². The van der Waals surface area contributed by atoms with E-state index < -0.39 is 0 Å². The van der Waals surface area contributed by atoms with Crippen LogP contribution in [0, 0.1) is 0 Å². The van der Waals surface area contributed by atoms with Crippen LogP contribution in [0.2, 0.25) is 0 Å². The number of aromatic nitrogens is 2. The average molecular weight is 341 g/mol. The molecule has 0 fully saturated rings. The lowest BCUT2D eigenvalue weighted by molar-refractivity contribution is 1.08. The van der Waals surface area contributed by atoms with E-state index in [0.717, 1.165) is 27.7 Å². The number of hydrogen-bond acceptors (Lipinski definition) is 2. The third-order valence-electron chi connectivity index (χ3n) is 3.27. The molecule has 3 nitrogen and oxygen atoms in total. The summed E-state index contributed by atoms with van der Waals surface area (Å²) in [4.78, 5) is 18.8. The maximum atomic E-state index is 11.9. The van der Waals surface area contributed by atoms with Gasteiger partial charge in [-0.3, -0.25) is 0 Å². The van der Waals surface area contributed by atoms with Gasteiger partial charge in [0.15, 0.2) is 0 Å². The number of alkyl halides is 1. The Balaban J connectivity index is 2.17. The van der Waals surface area contributed by atoms with Crippen molar-refractivity contribution in [2.75, 3.05) is 0 Å². The minimum Gasteiger partial charge on any atom is -0.305 e. The molecule has 0 unspecified atom stereocenters. The monoisotopic (exact) mass is 340 g/mol. The van der Waals surface area contributed by atoms with Crippen molar-refractivity contribution in [2.24, 2.45) is 0 Å². The van der Waals surface area contributed by atoms with E-state index in [0.29, 0.717) is 5.69 Å². The standard InChI is InChI=1S/C17H13BrN2O/c18-11-13-8-4-5-9-14(13)16-10-15(19-17(21)20-16)12-6-2-1-3-7-12/h1-10H,11H2,(H,19,20,21). The van der Waals surface area contributed by atoms with E-state index in [1.165, 1.54) is 0 Å². The highest BCUT2D eigenvalue weighted by Gasteiger charge is 2.08. The maximum absolute atomic E-state index is 11.9. The van der Waals surface area contributed by atoms with Crippen LogP contribution in [-0.4, -0.2) is 9.97 Å². The highest BCUT2D eigenvalue weighted by atomic mass is 79.9. The molecular formula is C17H13BrN2O. The van der Waals surface area contributed by atoms with Crippen molar-refractivity contribution in [3.05, 3.63) is 76.7 Å². The number of nitrogens with zero attached hydrogens (tertiary/aromatic N) is 1. The van der Waals surface area contributed by atoms with Crippen LogP contribution in [0.25, 0.3) is 22.5 Å². The van der Waals surface area contributed by atoms with Crippen LogP contribution in [-0.2, 0) is 5.33 Å². The number of H-pyrrole nitrogens is 1. The first kappa shape index (κ1) is 13.8. The van der Waals surface area contributed by atoms with Gasteiger partial charge in [-0.2, -0.15) is 4.98 Å². The molecular weight excluding hydrogens is 328 g/mol. The summed E-state index contributed by atoms with van der Waals surface area (Å²) in [5.74, 6) is 0. The van der Waals surface area contributed by atoms with Crippen molar-refractivity contribution in [3.8, 4) is 22.5 Å². The third-order valence-corrected chi connectivity index (χ3v) is 3.87. The molecule has 0 aliphatic heterocycles. The fourth-order valence-corrected chi connectivity index (χ4v) is 2.75. The topological polar surface area (TPSA) is 45.8 Å². The van der Waals surface area contributed by atoms with Gasteiger partial charge in [-0.15, -0.1) is 0 Å². The fourth-order valence-electron chi connectivity index (χ4n) is 2.26. The Morgan fingerprint density at radius 1 is 1.00 bits per heavy atom. The Morgan fingerprint density at radius 2 is 1.71 bits per heavy atom. The van der Waals surface area contributed by atoms with Gasteiger partial charge in [0.1, 0.15) is 0 Å². The highest BCUT2D eigenvalue weighted by Crippen LogP contribution is 2.25. The zero-order valence-corrected chi connectivity index (χ0v) is 12.8. The van der Waals surface area contributed by atoms with Crippen molar-refractivity contribution in [3.63, 3.8) is 0 Å². The Morgan fingerprint density at radius 3 is 2.48 bits per heavy atom. The number of halogens is 1. The molecule has 0 amide bonds. The molecule has 2 aromatic carbocycles. The van der Waals surface area contributed by atoms with Gasteiger partial charge in [0.05, 0.1) is 11.4 Å². The minimum absolute atomic E-state index is 0.337. The van der Waals surface area contributed by atoms with Crippen molar-refractivity contribution in [1.29, 1.82) is 0 Å². The quantitative estimate of drug-likeness (QED) is 0.732. The van der Waals surface area contributed by atoms with Gasteiger partial charge in [-0.1, -0.05) is 70.5 Å². The molecule has 0 bridgehead atoms. The smallest absolute Gasteiger partial charge is 0.305 e. The van der Waals surface area contributed by atoms with Gasteiger partial charge in [-0.25, -0.2) is 4.79 Å². The minimum atomic E-state index is -0.337. The van der Waals surface area contributed by atoms with Crippen molar-refractivity contribution >= 4 is 15.9 Å². The van der Waals surface area contributed by atoms with Gasteiger partial charge in [0, 0.05) is 16.5 Å². The van der Waals surface area contributed by atoms with Crippen LogP contribution in [0.15, 0.2) is 65.5 Å². The Hall–Kier alpha value is -2.20. The number of nitrogens with one attached hydrogen (secondary N) is 1. The lowest BCUT2D eigenvalue weighted by Gasteiger charge is -2.08. The van der Waals surface area contributed by atoms with E-state index in [4.69, 9.17) is 0 Å². The van der Waals surface area contributed by atoms with E-state index in [9.17, 15) is 4.79 Å². The maximum Gasteiger partial charge on any atom is 0.345 e. The molecule has 0 aliphatic rings. The highest BCUT2D eigenvalue weighted by molar-refractivity contribution is 9.08. The third kappa shape index (κ3) is 2.95. The SMILES string of the molecule is O=c1nc(-c2ccccc2)cc(-c2ccccc2CBr)[nH]1. The van der Waals surface area contributed by atoms with E-state index in [-0.39, 0.29) is 5.69 Å². The van der Waals surface area contributed by atoms with Crippen molar-refractivity contribution in [1.82, 2.24) is 9.97 Å². The van der Waals surface area contributed by atoms with E-state index in [2.05, 4.69) is 25.9 Å². The molecule has 3 aromatic rings. The molecule has 0 spiro atoms. The number of benzene rings is 2. The summed E-state index contributed by atoms with van der Waals surface area (Å²) in [6, 6.07) is 19.6. The molecule has 4 heteroatoms. The van der Waals surface area contributed by atoms with Crippen LogP contribution >= 0.6 is 15.9 Å². The van der Waals surface area contributed by atoms with Gasteiger partial charge in [0.25, 0.3) is 0 Å². The van der Waals surface area contributed by atoms with Gasteiger partial charge < -0.3 is 4.98 Å². The van der Waals surface area contributed by atoms with Crippen LogP contribution < -0.4 is 5.69 Å².